The Labute approximate surface area is 115 Å². The second kappa shape index (κ2) is 5.59. The van der Waals surface area contributed by atoms with Crippen molar-refractivity contribution in [3.63, 3.8) is 0 Å². The predicted octanol–water partition coefficient (Wildman–Crippen LogP) is 2.10. The van der Waals surface area contributed by atoms with Gasteiger partial charge in [-0.15, -0.1) is 0 Å². The number of carboxylic acid groups (broad SMARTS) is 1. The Morgan fingerprint density at radius 1 is 1.37 bits per heavy atom. The fraction of sp³-hybridized carbons (Fsp3) is 0.385. The highest BCUT2D eigenvalue weighted by molar-refractivity contribution is 6.33. The number of rotatable bonds is 3. The van der Waals surface area contributed by atoms with Crippen LogP contribution < -0.4 is 11.1 Å². The topological polar surface area (TPSA) is 92.4 Å². The summed E-state index contributed by atoms with van der Waals surface area (Å²) in [5.41, 5.74) is 6.36. The van der Waals surface area contributed by atoms with Crippen molar-refractivity contribution in [3.05, 3.63) is 28.8 Å². The predicted molar refractivity (Wildman–Crippen MR) is 72.4 cm³/mol. The van der Waals surface area contributed by atoms with Crippen molar-refractivity contribution in [2.24, 2.45) is 11.7 Å². The number of halogens is 1. The molecule has 4 N–H and O–H groups in total. The molecule has 0 saturated heterocycles. The van der Waals surface area contributed by atoms with Crippen molar-refractivity contribution >= 4 is 29.2 Å². The van der Waals surface area contributed by atoms with E-state index in [1.807, 2.05) is 0 Å². The van der Waals surface area contributed by atoms with Gasteiger partial charge < -0.3 is 16.2 Å². The molecule has 5 nitrogen and oxygen atoms in total. The van der Waals surface area contributed by atoms with Crippen molar-refractivity contribution in [2.45, 2.75) is 25.3 Å². The van der Waals surface area contributed by atoms with E-state index < -0.39 is 5.97 Å². The number of carbonyl (C=O) groups excluding carboxylic acids is 1. The van der Waals surface area contributed by atoms with Crippen LogP contribution in [-0.2, 0) is 4.79 Å². The van der Waals surface area contributed by atoms with Gasteiger partial charge in [0.2, 0.25) is 5.91 Å². The lowest BCUT2D eigenvalue weighted by Crippen LogP contribution is -2.34. The van der Waals surface area contributed by atoms with Gasteiger partial charge in [-0.3, -0.25) is 4.79 Å². The first kappa shape index (κ1) is 13.8. The van der Waals surface area contributed by atoms with E-state index in [4.69, 9.17) is 22.4 Å². The molecule has 6 heteroatoms. The summed E-state index contributed by atoms with van der Waals surface area (Å²) in [4.78, 5) is 22.8. The van der Waals surface area contributed by atoms with E-state index in [2.05, 4.69) is 5.32 Å². The van der Waals surface area contributed by atoms with Crippen LogP contribution in [0, 0.1) is 5.92 Å². The zero-order chi connectivity index (χ0) is 14.0. The Kier molecular flexibility index (Phi) is 4.07. The van der Waals surface area contributed by atoms with Crippen molar-refractivity contribution in [1.29, 1.82) is 0 Å². The molecular weight excluding hydrogens is 268 g/mol. The maximum absolute atomic E-state index is 12.0. The number of carbonyl (C=O) groups is 2. The number of amides is 1. The molecule has 0 radical (unpaired) electrons. The number of nitrogens with one attached hydrogen (secondary N) is 1. The first-order valence-electron chi connectivity index (χ1n) is 6.08. The van der Waals surface area contributed by atoms with Crippen LogP contribution in [0.1, 0.15) is 29.6 Å². The third-order valence-electron chi connectivity index (χ3n) is 3.37. The van der Waals surface area contributed by atoms with Crippen molar-refractivity contribution in [1.82, 2.24) is 0 Å². The molecule has 1 aromatic rings. The molecule has 0 spiro atoms. The quantitative estimate of drug-likeness (QED) is 0.791. The molecule has 2 rings (SSSR count). The molecule has 1 saturated carbocycles. The Morgan fingerprint density at radius 2 is 2.11 bits per heavy atom. The fourth-order valence-corrected chi connectivity index (χ4v) is 2.58. The Morgan fingerprint density at radius 3 is 2.63 bits per heavy atom. The molecule has 0 heterocycles. The van der Waals surface area contributed by atoms with Gasteiger partial charge in [0.15, 0.2) is 0 Å². The monoisotopic (exact) mass is 282 g/mol. The van der Waals surface area contributed by atoms with Gasteiger partial charge in [-0.1, -0.05) is 18.0 Å². The Balaban J connectivity index is 2.09. The van der Waals surface area contributed by atoms with Gasteiger partial charge >= 0.3 is 5.97 Å². The molecular formula is C13H15ClN2O3. The molecule has 1 fully saturated rings. The highest BCUT2D eigenvalue weighted by Gasteiger charge is 2.30. The highest BCUT2D eigenvalue weighted by atomic mass is 35.5. The minimum atomic E-state index is -1.10. The summed E-state index contributed by atoms with van der Waals surface area (Å²) in [5.74, 6) is -1.41. The van der Waals surface area contributed by atoms with Crippen molar-refractivity contribution in [3.8, 4) is 0 Å². The van der Waals surface area contributed by atoms with Gasteiger partial charge in [-0.05, 0) is 31.0 Å². The molecule has 19 heavy (non-hydrogen) atoms. The highest BCUT2D eigenvalue weighted by Crippen LogP contribution is 2.26. The van der Waals surface area contributed by atoms with Crippen molar-refractivity contribution < 1.29 is 14.7 Å². The van der Waals surface area contributed by atoms with Crippen LogP contribution >= 0.6 is 11.6 Å². The molecule has 1 aliphatic carbocycles. The minimum absolute atomic E-state index is 0.0113. The number of anilines is 1. The standard InChI is InChI=1S/C13H15ClN2O3/c14-10-6-7(4-5-8(10)13(18)19)16-12(17)9-2-1-3-11(9)15/h4-6,9,11H,1-3,15H2,(H,16,17)(H,18,19). The van der Waals surface area contributed by atoms with Crippen LogP contribution in [0.2, 0.25) is 5.02 Å². The van der Waals surface area contributed by atoms with E-state index >= 15 is 0 Å². The van der Waals surface area contributed by atoms with Crippen LogP contribution in [0.5, 0.6) is 0 Å². The third-order valence-corrected chi connectivity index (χ3v) is 3.69. The molecule has 2 unspecified atom stereocenters. The second-order valence-corrected chi connectivity index (χ2v) is 5.10. The number of benzene rings is 1. The van der Waals surface area contributed by atoms with Gasteiger partial charge in [0.25, 0.3) is 0 Å². The molecule has 2 atom stereocenters. The first-order valence-corrected chi connectivity index (χ1v) is 6.46. The maximum atomic E-state index is 12.0. The second-order valence-electron chi connectivity index (χ2n) is 4.69. The molecule has 1 amide bonds. The molecule has 1 aromatic carbocycles. The first-order chi connectivity index (χ1) is 8.99. The zero-order valence-electron chi connectivity index (χ0n) is 10.2. The molecule has 0 bridgehead atoms. The normalized spacial score (nSPS) is 22.2. The van der Waals surface area contributed by atoms with E-state index in [9.17, 15) is 9.59 Å². The summed E-state index contributed by atoms with van der Waals surface area (Å²) >= 11 is 5.84. The summed E-state index contributed by atoms with van der Waals surface area (Å²) in [6.07, 6.45) is 2.60. The summed E-state index contributed by atoms with van der Waals surface area (Å²) in [6.45, 7) is 0. The maximum Gasteiger partial charge on any atom is 0.337 e. The van der Waals surface area contributed by atoms with Crippen LogP contribution in [0.15, 0.2) is 18.2 Å². The lowest BCUT2D eigenvalue weighted by atomic mass is 10.0. The van der Waals surface area contributed by atoms with Crippen LogP contribution in [-0.4, -0.2) is 23.0 Å². The fourth-order valence-electron chi connectivity index (χ4n) is 2.32. The number of nitrogens with two attached hydrogens (primary N) is 1. The van der Waals surface area contributed by atoms with E-state index in [1.165, 1.54) is 18.2 Å². The lowest BCUT2D eigenvalue weighted by molar-refractivity contribution is -0.120. The van der Waals surface area contributed by atoms with Gasteiger partial charge in [0, 0.05) is 11.7 Å². The summed E-state index contributed by atoms with van der Waals surface area (Å²) in [5, 5.41) is 11.7. The summed E-state index contributed by atoms with van der Waals surface area (Å²) in [6, 6.07) is 4.22. The van der Waals surface area contributed by atoms with Gasteiger partial charge in [0.1, 0.15) is 0 Å². The number of aromatic carboxylic acids is 1. The van der Waals surface area contributed by atoms with E-state index in [0.29, 0.717) is 5.69 Å². The Hall–Kier alpha value is -1.59. The van der Waals surface area contributed by atoms with Gasteiger partial charge in [0.05, 0.1) is 16.5 Å². The number of carboxylic acids is 1. The summed E-state index contributed by atoms with van der Waals surface area (Å²) < 4.78 is 0. The largest absolute Gasteiger partial charge is 0.478 e. The number of hydrogen-bond donors (Lipinski definition) is 3. The smallest absolute Gasteiger partial charge is 0.337 e. The van der Waals surface area contributed by atoms with Crippen LogP contribution in [0.4, 0.5) is 5.69 Å². The zero-order valence-corrected chi connectivity index (χ0v) is 11.0. The van der Waals surface area contributed by atoms with Gasteiger partial charge in [-0.25, -0.2) is 4.79 Å². The molecule has 0 aromatic heterocycles. The average molecular weight is 283 g/mol. The number of hydrogen-bond acceptors (Lipinski definition) is 3. The molecule has 1 aliphatic rings. The van der Waals surface area contributed by atoms with E-state index in [1.54, 1.807) is 0 Å². The van der Waals surface area contributed by atoms with Crippen LogP contribution in [0.25, 0.3) is 0 Å². The average Bonchev–Trinajstić information content (AvgIpc) is 2.75. The van der Waals surface area contributed by atoms with E-state index in [0.717, 1.165) is 19.3 Å². The van der Waals surface area contributed by atoms with Crippen molar-refractivity contribution in [2.75, 3.05) is 5.32 Å². The molecule has 102 valence electrons. The third kappa shape index (κ3) is 3.05. The minimum Gasteiger partial charge on any atom is -0.478 e. The lowest BCUT2D eigenvalue weighted by Gasteiger charge is -2.15. The summed E-state index contributed by atoms with van der Waals surface area (Å²) in [7, 11) is 0. The molecule has 0 aliphatic heterocycles. The van der Waals surface area contributed by atoms with E-state index in [-0.39, 0.29) is 28.5 Å². The SMILES string of the molecule is NC1CCCC1C(=O)Nc1ccc(C(=O)O)c(Cl)c1. The van der Waals surface area contributed by atoms with Crippen LogP contribution in [0.3, 0.4) is 0 Å². The Bertz CT molecular complexity index is 519. The van der Waals surface area contributed by atoms with Gasteiger partial charge in [-0.2, -0.15) is 0 Å².